The van der Waals surface area contributed by atoms with Gasteiger partial charge in [0.05, 0.1) is 12.6 Å². The van der Waals surface area contributed by atoms with Gasteiger partial charge in [-0.2, -0.15) is 0 Å². The van der Waals surface area contributed by atoms with Crippen LogP contribution in [0.5, 0.6) is 0 Å². The van der Waals surface area contributed by atoms with Gasteiger partial charge in [0.25, 0.3) is 0 Å². The summed E-state index contributed by atoms with van der Waals surface area (Å²) in [5, 5.41) is 0. The smallest absolute Gasteiger partial charge is 0.410 e. The topological polar surface area (TPSA) is 55.8 Å². The van der Waals surface area contributed by atoms with Gasteiger partial charge in [-0.15, -0.1) is 0 Å². The van der Waals surface area contributed by atoms with Crippen LogP contribution in [0.4, 0.5) is 4.79 Å². The Morgan fingerprint density at radius 2 is 1.95 bits per heavy atom. The first-order valence-corrected chi connectivity index (χ1v) is 7.37. The second-order valence-corrected chi connectivity index (χ2v) is 6.37. The van der Waals surface area contributed by atoms with Gasteiger partial charge < -0.3 is 19.2 Å². The summed E-state index contributed by atoms with van der Waals surface area (Å²) < 4.78 is 11.1. The normalized spacial score (nSPS) is 19.2. The molecular weight excluding hydrogens is 258 g/mol. The van der Waals surface area contributed by atoms with Gasteiger partial charge in [-0.1, -0.05) is 0 Å². The highest BCUT2D eigenvalue weighted by Crippen LogP contribution is 2.17. The molecule has 5 nitrogen and oxygen atoms in total. The van der Waals surface area contributed by atoms with Crippen molar-refractivity contribution in [1.82, 2.24) is 4.90 Å². The minimum atomic E-state index is -0.456. The molecule has 0 spiro atoms. The van der Waals surface area contributed by atoms with E-state index in [-0.39, 0.29) is 18.0 Å². The molecular formula is C15H27NO4. The van der Waals surface area contributed by atoms with E-state index in [4.69, 9.17) is 9.47 Å². The zero-order valence-corrected chi connectivity index (χ0v) is 13.1. The number of carbonyl (C=O) groups excluding carboxylic acids is 2. The highest BCUT2D eigenvalue weighted by atomic mass is 16.6. The predicted octanol–water partition coefficient (Wildman–Crippen LogP) is 2.77. The number of likely N-dealkylation sites (tertiary alicyclic amines) is 1. The van der Waals surface area contributed by atoms with Gasteiger partial charge in [0.15, 0.2) is 0 Å². The largest absolute Gasteiger partial charge is 0.444 e. The second kappa shape index (κ2) is 7.62. The molecule has 116 valence electrons. The Kier molecular flexibility index (Phi) is 6.46. The lowest BCUT2D eigenvalue weighted by molar-refractivity contribution is -0.117. The first-order valence-electron chi connectivity index (χ1n) is 7.37. The molecule has 0 aromatic heterocycles. The van der Waals surface area contributed by atoms with Gasteiger partial charge in [0.1, 0.15) is 11.4 Å². The van der Waals surface area contributed by atoms with Gasteiger partial charge >= 0.3 is 6.09 Å². The summed E-state index contributed by atoms with van der Waals surface area (Å²) in [4.78, 5) is 24.4. The Labute approximate surface area is 121 Å². The summed E-state index contributed by atoms with van der Waals surface area (Å²) >= 11 is 0. The van der Waals surface area contributed by atoms with E-state index in [1.54, 1.807) is 11.8 Å². The van der Waals surface area contributed by atoms with Crippen LogP contribution in [0.1, 0.15) is 53.4 Å². The van der Waals surface area contributed by atoms with Crippen LogP contribution in [-0.2, 0) is 14.3 Å². The molecule has 1 heterocycles. The molecule has 1 rings (SSSR count). The zero-order valence-electron chi connectivity index (χ0n) is 13.1. The highest BCUT2D eigenvalue weighted by molar-refractivity contribution is 5.75. The minimum absolute atomic E-state index is 0.0971. The molecule has 1 fully saturated rings. The maximum absolute atomic E-state index is 11.9. The SMILES string of the molecule is CC(=O)CCCCO[C@@H]1CCN(C(=O)OC(C)(C)C)C1. The van der Waals surface area contributed by atoms with Crippen LogP contribution in [0.2, 0.25) is 0 Å². The fourth-order valence-corrected chi connectivity index (χ4v) is 2.08. The van der Waals surface area contributed by atoms with Crippen molar-refractivity contribution >= 4 is 11.9 Å². The Bertz CT molecular complexity index is 335. The molecule has 1 aliphatic rings. The number of unbranched alkanes of at least 4 members (excludes halogenated alkanes) is 1. The predicted molar refractivity (Wildman–Crippen MR) is 76.7 cm³/mol. The lowest BCUT2D eigenvalue weighted by Gasteiger charge is -2.24. The van der Waals surface area contributed by atoms with Gasteiger partial charge in [0, 0.05) is 19.6 Å². The molecule has 1 atom stereocenters. The molecule has 0 aromatic carbocycles. The highest BCUT2D eigenvalue weighted by Gasteiger charge is 2.29. The van der Waals surface area contributed by atoms with Crippen LogP contribution in [0.3, 0.4) is 0 Å². The molecule has 20 heavy (non-hydrogen) atoms. The summed E-state index contributed by atoms with van der Waals surface area (Å²) in [6, 6.07) is 0. The van der Waals surface area contributed by atoms with E-state index >= 15 is 0 Å². The van der Waals surface area contributed by atoms with Crippen molar-refractivity contribution in [3.05, 3.63) is 0 Å². The molecule has 0 radical (unpaired) electrons. The monoisotopic (exact) mass is 285 g/mol. The third kappa shape index (κ3) is 6.89. The molecule has 1 saturated heterocycles. The average molecular weight is 285 g/mol. The fourth-order valence-electron chi connectivity index (χ4n) is 2.08. The number of nitrogens with zero attached hydrogens (tertiary/aromatic N) is 1. The van der Waals surface area contributed by atoms with Gasteiger partial charge in [-0.3, -0.25) is 0 Å². The third-order valence-electron chi connectivity index (χ3n) is 3.07. The van der Waals surface area contributed by atoms with E-state index in [1.165, 1.54) is 0 Å². The van der Waals surface area contributed by atoms with Gasteiger partial charge in [0.2, 0.25) is 0 Å². The zero-order chi connectivity index (χ0) is 15.2. The lowest BCUT2D eigenvalue weighted by Crippen LogP contribution is -2.36. The van der Waals surface area contributed by atoms with Crippen LogP contribution in [0.15, 0.2) is 0 Å². The van der Waals surface area contributed by atoms with Crippen LogP contribution in [0, 0.1) is 0 Å². The Morgan fingerprint density at radius 3 is 2.55 bits per heavy atom. The van der Waals surface area contributed by atoms with Crippen LogP contribution >= 0.6 is 0 Å². The van der Waals surface area contributed by atoms with Crippen molar-refractivity contribution < 1.29 is 19.1 Å². The average Bonchev–Trinajstić information content (AvgIpc) is 2.74. The van der Waals surface area contributed by atoms with Crippen molar-refractivity contribution in [2.24, 2.45) is 0 Å². The molecule has 1 aliphatic heterocycles. The number of hydrogen-bond donors (Lipinski definition) is 0. The number of amides is 1. The lowest BCUT2D eigenvalue weighted by atomic mass is 10.2. The van der Waals surface area contributed by atoms with Crippen LogP contribution in [-0.4, -0.2) is 48.2 Å². The number of ether oxygens (including phenoxy) is 2. The molecule has 0 bridgehead atoms. The summed E-state index contributed by atoms with van der Waals surface area (Å²) in [6.45, 7) is 9.14. The molecule has 0 aromatic rings. The van der Waals surface area contributed by atoms with E-state index in [1.807, 2.05) is 20.8 Å². The molecule has 1 amide bonds. The quantitative estimate of drug-likeness (QED) is 0.704. The van der Waals surface area contributed by atoms with Crippen molar-refractivity contribution in [1.29, 1.82) is 0 Å². The molecule has 0 unspecified atom stereocenters. The van der Waals surface area contributed by atoms with Crippen molar-refractivity contribution in [2.45, 2.75) is 65.1 Å². The molecule has 0 saturated carbocycles. The van der Waals surface area contributed by atoms with Crippen molar-refractivity contribution in [3.63, 3.8) is 0 Å². The number of rotatable bonds is 6. The van der Waals surface area contributed by atoms with E-state index in [0.717, 1.165) is 19.3 Å². The van der Waals surface area contributed by atoms with E-state index < -0.39 is 5.60 Å². The van der Waals surface area contributed by atoms with Crippen molar-refractivity contribution in [2.75, 3.05) is 19.7 Å². The molecule has 0 N–H and O–H groups in total. The minimum Gasteiger partial charge on any atom is -0.444 e. The maximum atomic E-state index is 11.9. The standard InChI is InChI=1S/C15H27NO4/c1-12(17)7-5-6-10-19-13-8-9-16(11-13)14(18)20-15(2,3)4/h13H,5-11H2,1-4H3/t13-/m1/s1. The van der Waals surface area contributed by atoms with Crippen LogP contribution < -0.4 is 0 Å². The van der Waals surface area contributed by atoms with Gasteiger partial charge in [-0.25, -0.2) is 4.79 Å². The third-order valence-corrected chi connectivity index (χ3v) is 3.07. The maximum Gasteiger partial charge on any atom is 0.410 e. The van der Waals surface area contributed by atoms with Crippen molar-refractivity contribution in [3.8, 4) is 0 Å². The summed E-state index contributed by atoms with van der Waals surface area (Å²) in [7, 11) is 0. The molecule has 0 aliphatic carbocycles. The van der Waals surface area contributed by atoms with E-state index in [0.29, 0.717) is 26.1 Å². The van der Waals surface area contributed by atoms with Crippen LogP contribution in [0.25, 0.3) is 0 Å². The van der Waals surface area contributed by atoms with E-state index in [9.17, 15) is 9.59 Å². The first kappa shape index (κ1) is 17.0. The Morgan fingerprint density at radius 1 is 1.25 bits per heavy atom. The molecule has 5 heteroatoms. The number of Topliss-reactive ketones (excluding diaryl/α,β-unsaturated/α-hetero) is 1. The Hall–Kier alpha value is -1.10. The number of carbonyl (C=O) groups is 2. The summed E-state index contributed by atoms with van der Waals surface area (Å²) in [6.07, 6.45) is 3.07. The summed E-state index contributed by atoms with van der Waals surface area (Å²) in [5.41, 5.74) is -0.456. The fraction of sp³-hybridized carbons (Fsp3) is 0.867. The first-order chi connectivity index (χ1) is 9.28. The summed E-state index contributed by atoms with van der Waals surface area (Å²) in [5.74, 6) is 0.224. The second-order valence-electron chi connectivity index (χ2n) is 6.37. The van der Waals surface area contributed by atoms with E-state index in [2.05, 4.69) is 0 Å². The Balaban J connectivity index is 2.16. The number of hydrogen-bond acceptors (Lipinski definition) is 4. The van der Waals surface area contributed by atoms with Gasteiger partial charge in [-0.05, 0) is 47.0 Å². The number of ketones is 1.